The molecule has 0 amide bonds. The molecular weight excluding hydrogens is 333 g/mol. The van der Waals surface area contributed by atoms with Crippen LogP contribution in [0.2, 0.25) is 0 Å². The summed E-state index contributed by atoms with van der Waals surface area (Å²) in [4.78, 5) is 5.16. The molecule has 1 fully saturated rings. The quantitative estimate of drug-likeness (QED) is 0.597. The van der Waals surface area contributed by atoms with Crippen molar-refractivity contribution in [2.75, 3.05) is 18.9 Å². The molecule has 1 heterocycles. The number of nitrogens with zero attached hydrogens (tertiary/aromatic N) is 1. The van der Waals surface area contributed by atoms with Gasteiger partial charge in [0.1, 0.15) is 6.61 Å². The van der Waals surface area contributed by atoms with Gasteiger partial charge in [-0.2, -0.15) is 0 Å². The number of ether oxygens (including phenoxy) is 1. The van der Waals surface area contributed by atoms with Crippen LogP contribution in [-0.2, 0) is 16.5 Å². The summed E-state index contributed by atoms with van der Waals surface area (Å²) in [5.41, 5.74) is 0.306. The minimum absolute atomic E-state index is 0.0286. The molecule has 2 nitrogen and oxygen atoms in total. The Balaban J connectivity index is 2.12. The van der Waals surface area contributed by atoms with Gasteiger partial charge < -0.3 is 4.74 Å². The Hall–Kier alpha value is -0.140. The first-order chi connectivity index (χ1) is 11.0. The number of hydrogen-bond acceptors (Lipinski definition) is 3. The van der Waals surface area contributed by atoms with Crippen LogP contribution < -0.4 is 0 Å². The van der Waals surface area contributed by atoms with Crippen LogP contribution in [0.15, 0.2) is 16.4 Å². The van der Waals surface area contributed by atoms with Crippen LogP contribution in [-0.4, -0.2) is 30.9 Å². The van der Waals surface area contributed by atoms with E-state index in [1.54, 1.807) is 5.31 Å². The molecule has 24 heavy (non-hydrogen) atoms. The highest BCUT2D eigenvalue weighted by atomic mass is 32.4. The smallest absolute Gasteiger partial charge is 0.195 e. The number of rotatable bonds is 4. The highest BCUT2D eigenvalue weighted by molar-refractivity contribution is 8.16. The molecule has 0 aromatic rings. The molecule has 0 aromatic heterocycles. The van der Waals surface area contributed by atoms with Gasteiger partial charge in [-0.15, -0.1) is 0 Å². The van der Waals surface area contributed by atoms with Gasteiger partial charge in [0, 0.05) is 0 Å². The van der Waals surface area contributed by atoms with E-state index in [0.29, 0.717) is 5.92 Å². The third kappa shape index (κ3) is 2.33. The Labute approximate surface area is 153 Å². The summed E-state index contributed by atoms with van der Waals surface area (Å²) in [5.74, 6) is 1.66. The van der Waals surface area contributed by atoms with Gasteiger partial charge in [-0.1, -0.05) is 66.3 Å². The Bertz CT molecular complexity index is 635. The third-order valence-corrected chi connectivity index (χ3v) is 12.7. The fourth-order valence-corrected chi connectivity index (χ4v) is 8.47. The zero-order valence-corrected chi connectivity index (χ0v) is 18.2. The predicted octanol–water partition coefficient (Wildman–Crippen LogP) is 5.67. The topological polar surface area (TPSA) is 21.6 Å². The summed E-state index contributed by atoms with van der Waals surface area (Å²) < 4.78 is 6.33. The molecule has 3 atom stereocenters. The summed E-state index contributed by atoms with van der Waals surface area (Å²) in [7, 11) is 0. The number of hydrogen-bond donors (Lipinski definition) is 0. The second-order valence-electron chi connectivity index (χ2n) is 9.47. The van der Waals surface area contributed by atoms with Crippen molar-refractivity contribution < 1.29 is 4.74 Å². The van der Waals surface area contributed by atoms with Crippen molar-refractivity contribution in [3.05, 3.63) is 11.4 Å². The van der Waals surface area contributed by atoms with Crippen molar-refractivity contribution >= 4 is 23.7 Å². The summed E-state index contributed by atoms with van der Waals surface area (Å²) in [6.07, 6.45) is 7.22. The van der Waals surface area contributed by atoms with E-state index in [9.17, 15) is 0 Å². The van der Waals surface area contributed by atoms with E-state index >= 15 is 0 Å². The van der Waals surface area contributed by atoms with E-state index < -0.39 is 6.04 Å². The summed E-state index contributed by atoms with van der Waals surface area (Å²) in [5, 5.41) is 1.56. The lowest BCUT2D eigenvalue weighted by molar-refractivity contribution is 0.174. The average molecular weight is 368 g/mol. The monoisotopic (exact) mass is 367 g/mol. The van der Waals surface area contributed by atoms with Gasteiger partial charge in [-0.3, -0.25) is 0 Å². The van der Waals surface area contributed by atoms with Gasteiger partial charge in [0.05, 0.1) is 11.5 Å². The van der Waals surface area contributed by atoms with Crippen LogP contribution in [0.3, 0.4) is 0 Å². The Morgan fingerprint density at radius 3 is 2.38 bits per heavy atom. The Morgan fingerprint density at radius 1 is 1.29 bits per heavy atom. The van der Waals surface area contributed by atoms with E-state index in [-0.39, 0.29) is 22.3 Å². The molecule has 0 unspecified atom stereocenters. The van der Waals surface area contributed by atoms with Crippen LogP contribution in [0.5, 0.6) is 0 Å². The molecule has 2 bridgehead atoms. The van der Waals surface area contributed by atoms with Crippen LogP contribution in [0, 0.1) is 22.2 Å². The zero-order valence-electron chi connectivity index (χ0n) is 16.5. The maximum Gasteiger partial charge on any atom is 0.195 e. The van der Waals surface area contributed by atoms with Gasteiger partial charge in [-0.05, 0) is 53.3 Å². The van der Waals surface area contributed by atoms with Crippen LogP contribution >= 0.6 is 6.04 Å². The SMILES string of the molecule is CCP(=S)(CC)C1=C[C@H]2CC[C@@]1(C1=N[C@@H](C(C)(C)C)CO1)C2(C)C. The molecule has 4 heteroatoms. The first-order valence-corrected chi connectivity index (χ1v) is 12.7. The van der Waals surface area contributed by atoms with Crippen LogP contribution in [0.25, 0.3) is 0 Å². The third-order valence-electron chi connectivity index (χ3n) is 7.13. The van der Waals surface area contributed by atoms with Gasteiger partial charge in [-0.25, -0.2) is 4.99 Å². The largest absolute Gasteiger partial charge is 0.478 e. The van der Waals surface area contributed by atoms with Crippen molar-refractivity contribution in [2.45, 2.75) is 67.3 Å². The first kappa shape index (κ1) is 18.6. The molecule has 3 rings (SSSR count). The Kier molecular flexibility index (Phi) is 4.41. The summed E-state index contributed by atoms with van der Waals surface area (Å²) in [6, 6.07) is -1.23. The van der Waals surface area contributed by atoms with Gasteiger partial charge in [0.2, 0.25) is 0 Å². The summed E-state index contributed by atoms with van der Waals surface area (Å²) >= 11 is 6.27. The molecule has 0 spiro atoms. The standard InChI is InChI=1S/C20H34NOPS/c1-8-23(24,9-2)16-12-14-10-11-20(16,19(14,6)7)17-21-15(13-22-17)18(3,4)5/h12,14-15H,8-11,13H2,1-7H3/t14-,15-,20-/m1/s1. The maximum absolute atomic E-state index is 6.33. The van der Waals surface area contributed by atoms with Crippen molar-refractivity contribution in [3.63, 3.8) is 0 Å². The van der Waals surface area contributed by atoms with Crippen molar-refractivity contribution in [3.8, 4) is 0 Å². The van der Waals surface area contributed by atoms with E-state index in [4.69, 9.17) is 21.5 Å². The maximum atomic E-state index is 6.33. The fourth-order valence-electron chi connectivity index (χ4n) is 5.05. The minimum atomic E-state index is -1.50. The lowest BCUT2D eigenvalue weighted by Gasteiger charge is -2.43. The van der Waals surface area contributed by atoms with Crippen LogP contribution in [0.4, 0.5) is 0 Å². The van der Waals surface area contributed by atoms with Crippen molar-refractivity contribution in [1.82, 2.24) is 0 Å². The first-order valence-electron chi connectivity index (χ1n) is 9.55. The molecule has 0 saturated heterocycles. The van der Waals surface area contributed by atoms with Crippen LogP contribution in [0.1, 0.15) is 61.3 Å². The number of fused-ring (bicyclic) bond motifs is 2. The van der Waals surface area contributed by atoms with E-state index in [0.717, 1.165) is 24.8 Å². The van der Waals surface area contributed by atoms with Crippen molar-refractivity contribution in [2.24, 2.45) is 27.2 Å². The molecular formula is C20H34NOPS. The zero-order chi connectivity index (χ0) is 18.0. The second-order valence-corrected chi connectivity index (χ2v) is 15.1. The van der Waals surface area contributed by atoms with E-state index in [1.165, 1.54) is 12.8 Å². The van der Waals surface area contributed by atoms with Gasteiger partial charge in [0.15, 0.2) is 5.90 Å². The lowest BCUT2D eigenvalue weighted by Crippen LogP contribution is -2.41. The minimum Gasteiger partial charge on any atom is -0.478 e. The lowest BCUT2D eigenvalue weighted by atomic mass is 9.68. The highest BCUT2D eigenvalue weighted by Crippen LogP contribution is 2.75. The van der Waals surface area contributed by atoms with E-state index in [1.807, 2.05) is 0 Å². The second kappa shape index (κ2) is 5.68. The molecule has 2 aliphatic carbocycles. The molecule has 1 saturated carbocycles. The summed E-state index contributed by atoms with van der Waals surface area (Å²) in [6.45, 7) is 16.9. The molecule has 1 aliphatic heterocycles. The van der Waals surface area contributed by atoms with E-state index in [2.05, 4.69) is 54.5 Å². The highest BCUT2D eigenvalue weighted by Gasteiger charge is 2.66. The molecule has 136 valence electrons. The molecule has 0 radical (unpaired) electrons. The fraction of sp³-hybridized carbons (Fsp3) is 0.850. The predicted molar refractivity (Wildman–Crippen MR) is 109 cm³/mol. The van der Waals surface area contributed by atoms with Crippen molar-refractivity contribution in [1.29, 1.82) is 0 Å². The molecule has 0 N–H and O–H groups in total. The Morgan fingerprint density at radius 2 is 1.92 bits per heavy atom. The number of allylic oxidation sites excluding steroid dienone is 1. The molecule has 3 aliphatic rings. The normalized spacial score (nSPS) is 35.0. The number of aliphatic imine (C=N–C) groups is 1. The van der Waals surface area contributed by atoms with Gasteiger partial charge in [0.25, 0.3) is 0 Å². The molecule has 0 aromatic carbocycles. The van der Waals surface area contributed by atoms with Gasteiger partial charge >= 0.3 is 0 Å². The average Bonchev–Trinajstić information content (AvgIpc) is 3.16.